The van der Waals surface area contributed by atoms with E-state index in [1.807, 2.05) is 48.5 Å². The van der Waals surface area contributed by atoms with E-state index in [1.165, 1.54) is 0 Å². The van der Waals surface area contributed by atoms with Gasteiger partial charge in [-0.1, -0.05) is 38.5 Å². The number of aromatic nitrogens is 3. The van der Waals surface area contributed by atoms with Gasteiger partial charge in [0.25, 0.3) is 0 Å². The molecule has 1 amide bonds. The van der Waals surface area contributed by atoms with Crippen molar-refractivity contribution < 1.29 is 56.6 Å². The van der Waals surface area contributed by atoms with Crippen LogP contribution < -0.4 is 10.6 Å². The van der Waals surface area contributed by atoms with E-state index in [0.717, 1.165) is 12.1 Å². The molecule has 1 aromatic carbocycles. The van der Waals surface area contributed by atoms with Crippen LogP contribution in [-0.2, 0) is 64.9 Å². The molecule has 0 aliphatic carbocycles. The van der Waals surface area contributed by atoms with Crippen molar-refractivity contribution in [1.29, 1.82) is 0 Å². The molecule has 11 heteroatoms. The van der Waals surface area contributed by atoms with Crippen molar-refractivity contribution >= 4 is 18.0 Å². The van der Waals surface area contributed by atoms with Crippen molar-refractivity contribution in [2.45, 2.75) is 79.6 Å². The summed E-state index contributed by atoms with van der Waals surface area (Å²) in [5.41, 5.74) is 0.650. The third-order valence-corrected chi connectivity index (χ3v) is 4.91. The zero-order valence-electron chi connectivity index (χ0n) is 24.4. The Morgan fingerprint density at radius 2 is 1.77 bits per heavy atom. The van der Waals surface area contributed by atoms with Gasteiger partial charge in [0.15, 0.2) is 5.78 Å². The van der Waals surface area contributed by atoms with E-state index in [-0.39, 0.29) is 69.3 Å². The summed E-state index contributed by atoms with van der Waals surface area (Å²) in [5, 5.41) is 14.5. The molecule has 39 heavy (non-hydrogen) atoms. The van der Waals surface area contributed by atoms with Crippen LogP contribution in [0.5, 0.6) is 0 Å². The molecule has 2 aromatic rings. The maximum absolute atomic E-state index is 12.9. The fourth-order valence-corrected chi connectivity index (χ4v) is 3.25. The molecule has 0 saturated heterocycles. The number of benzene rings is 1. The number of amides is 1. The molecule has 0 spiro atoms. The molecule has 1 aromatic heterocycles. The molecule has 1 unspecified atom stereocenters. The van der Waals surface area contributed by atoms with Gasteiger partial charge in [0.2, 0.25) is 5.91 Å². The van der Waals surface area contributed by atoms with E-state index in [2.05, 4.69) is 27.0 Å². The van der Waals surface area contributed by atoms with E-state index in [0.29, 0.717) is 31.7 Å². The first-order chi connectivity index (χ1) is 17.9. The van der Waals surface area contributed by atoms with Crippen LogP contribution in [0.2, 0.25) is 0 Å². The number of hydrogen-bond acceptors (Lipinski definition) is 8. The first kappa shape index (κ1) is 37.2. The van der Waals surface area contributed by atoms with Crippen LogP contribution in [-0.4, -0.2) is 70.9 Å². The number of carbonyl (C=O) groups is 2. The molecule has 10 nitrogen and oxygen atoms in total. The molecule has 215 valence electrons. The largest absolute Gasteiger partial charge is 0.540 e. The third-order valence-electron chi connectivity index (χ3n) is 4.91. The SMILES string of the molecule is CC(C)(C)NC(Cc1cn(COCCNC(=O)c2cc[c-]cc2)nn1)C(=O)C(C)(C)C.CCCOC[C-]=O.[Y]. The van der Waals surface area contributed by atoms with Crippen LogP contribution in [0.1, 0.15) is 70.9 Å². The Morgan fingerprint density at radius 3 is 2.33 bits per heavy atom. The van der Waals surface area contributed by atoms with Gasteiger partial charge in [0, 0.05) is 63.2 Å². The molecular weight excluding hydrogens is 575 g/mol. The molecule has 2 N–H and O–H groups in total. The quantitative estimate of drug-likeness (QED) is 0.245. The predicted octanol–water partition coefficient (Wildman–Crippen LogP) is 2.92. The van der Waals surface area contributed by atoms with Crippen LogP contribution in [0.3, 0.4) is 0 Å². The van der Waals surface area contributed by atoms with E-state index in [9.17, 15) is 14.4 Å². The number of ether oxygens (including phenoxy) is 2. The standard InChI is InChI=1S/C23H34N5O3.C5H9O2.Y/c1-22(2,3)20(29)19(25-23(4,5)6)14-18-15-28(27-26-18)16-31-13-12-24-21(30)17-10-8-7-9-11-17;1-2-4-7-5-3-6;/h8-11,15,19,25H,12-14,16H2,1-6H3,(H,24,30);2,4-5H2,1H3;/q2*-1;. The summed E-state index contributed by atoms with van der Waals surface area (Å²) in [6, 6.07) is 9.34. The monoisotopic (exact) mass is 618 g/mol. The van der Waals surface area contributed by atoms with E-state index in [4.69, 9.17) is 9.47 Å². The van der Waals surface area contributed by atoms with Gasteiger partial charge in [-0.2, -0.15) is 30.3 Å². The number of carbonyl (C=O) groups excluding carboxylic acids is 3. The summed E-state index contributed by atoms with van der Waals surface area (Å²) >= 11 is 0. The van der Waals surface area contributed by atoms with Crippen LogP contribution >= 0.6 is 0 Å². The Hall–Kier alpha value is -1.85. The van der Waals surface area contributed by atoms with Crippen molar-refractivity contribution in [3.8, 4) is 0 Å². The van der Waals surface area contributed by atoms with Gasteiger partial charge in [-0.05, 0) is 33.8 Å². The van der Waals surface area contributed by atoms with E-state index < -0.39 is 5.41 Å². The minimum Gasteiger partial charge on any atom is -0.540 e. The topological polar surface area (TPSA) is 124 Å². The zero-order chi connectivity index (χ0) is 28.6. The summed E-state index contributed by atoms with van der Waals surface area (Å²) < 4.78 is 11.9. The Morgan fingerprint density at radius 1 is 1.10 bits per heavy atom. The van der Waals surface area contributed by atoms with Crippen LogP contribution in [0, 0.1) is 11.5 Å². The predicted molar refractivity (Wildman–Crippen MR) is 145 cm³/mol. The first-order valence-electron chi connectivity index (χ1n) is 12.8. The molecular formula is C28H43N5O5Y-2. The number of ketones is 1. The van der Waals surface area contributed by atoms with Gasteiger partial charge in [-0.25, -0.2) is 11.0 Å². The third kappa shape index (κ3) is 16.8. The molecule has 0 bridgehead atoms. The summed E-state index contributed by atoms with van der Waals surface area (Å²) in [6.45, 7) is 15.6. The van der Waals surface area contributed by atoms with Gasteiger partial charge < -0.3 is 24.9 Å². The van der Waals surface area contributed by atoms with Crippen molar-refractivity contribution in [3.05, 3.63) is 47.8 Å². The van der Waals surface area contributed by atoms with Crippen molar-refractivity contribution in [2.75, 3.05) is 26.4 Å². The Bertz CT molecular complexity index is 971. The minimum atomic E-state index is -0.454. The zero-order valence-corrected chi connectivity index (χ0v) is 27.2. The van der Waals surface area contributed by atoms with Crippen LogP contribution in [0.4, 0.5) is 0 Å². The van der Waals surface area contributed by atoms with Crippen LogP contribution in [0.25, 0.3) is 0 Å². The number of nitrogens with one attached hydrogen (secondary N) is 2. The minimum absolute atomic E-state index is 0. The number of hydrogen-bond donors (Lipinski definition) is 2. The number of rotatable bonds is 14. The van der Waals surface area contributed by atoms with E-state index >= 15 is 0 Å². The van der Waals surface area contributed by atoms with Gasteiger partial charge in [0.1, 0.15) is 6.73 Å². The molecule has 1 atom stereocenters. The Labute approximate surface area is 258 Å². The smallest absolute Gasteiger partial charge is 0.227 e. The molecule has 0 aliphatic rings. The normalized spacial score (nSPS) is 12.0. The van der Waals surface area contributed by atoms with Crippen LogP contribution in [0.15, 0.2) is 30.5 Å². The summed E-state index contributed by atoms with van der Waals surface area (Å²) in [5.74, 6) is -0.0122. The number of nitrogens with zero attached hydrogens (tertiary/aromatic N) is 3. The van der Waals surface area contributed by atoms with Crippen molar-refractivity contribution in [2.24, 2.45) is 5.41 Å². The Kier molecular flexibility index (Phi) is 18.4. The van der Waals surface area contributed by atoms with Gasteiger partial charge in [-0.15, -0.1) is 5.10 Å². The summed E-state index contributed by atoms with van der Waals surface area (Å²) in [6.07, 6.45) is 4.83. The molecule has 1 heterocycles. The van der Waals surface area contributed by atoms with Crippen molar-refractivity contribution in [3.63, 3.8) is 0 Å². The average molecular weight is 619 g/mol. The number of Topliss-reactive ketones (excluding diaryl/α,β-unsaturated/α-hetero) is 1. The Balaban J connectivity index is 0.00000159. The fourth-order valence-electron chi connectivity index (χ4n) is 3.25. The van der Waals surface area contributed by atoms with Gasteiger partial charge >= 0.3 is 0 Å². The second-order valence-electron chi connectivity index (χ2n) is 10.8. The molecule has 0 saturated carbocycles. The fraction of sp³-hybridized carbons (Fsp3) is 0.607. The molecule has 1 radical (unpaired) electrons. The maximum atomic E-state index is 12.9. The van der Waals surface area contributed by atoms with E-state index in [1.54, 1.807) is 41.4 Å². The molecule has 2 rings (SSSR count). The molecule has 0 aliphatic heterocycles. The second kappa shape index (κ2) is 19.3. The maximum Gasteiger partial charge on any atom is 0.227 e. The summed E-state index contributed by atoms with van der Waals surface area (Å²) in [7, 11) is 0. The second-order valence-corrected chi connectivity index (χ2v) is 10.8. The average Bonchev–Trinajstić information content (AvgIpc) is 3.30. The van der Waals surface area contributed by atoms with Gasteiger partial charge in [-0.3, -0.25) is 9.59 Å². The summed E-state index contributed by atoms with van der Waals surface area (Å²) in [4.78, 5) is 34.3. The van der Waals surface area contributed by atoms with Crippen molar-refractivity contribution in [1.82, 2.24) is 25.6 Å². The van der Waals surface area contributed by atoms with Gasteiger partial charge in [0.05, 0.1) is 24.5 Å². The first-order valence-corrected chi connectivity index (χ1v) is 12.8. The molecule has 0 fully saturated rings.